The SMILES string of the molecule is CC.CC.CC=O.CCC12CCCC1C1CCC3CCCCC3(C)C1CC2. The highest BCUT2D eigenvalue weighted by Crippen LogP contribution is 2.66. The van der Waals surface area contributed by atoms with Gasteiger partial charge in [0.15, 0.2) is 0 Å². The molecule has 0 aromatic carbocycles. The normalized spacial score (nSPS) is 41.6. The number of fused-ring (bicyclic) bond motifs is 5. The Morgan fingerprint density at radius 2 is 1.48 bits per heavy atom. The molecule has 6 unspecified atom stereocenters. The second-order valence-corrected chi connectivity index (χ2v) is 9.29. The average molecular weight is 379 g/mol. The van der Waals surface area contributed by atoms with Crippen molar-refractivity contribution in [3.63, 3.8) is 0 Å². The van der Waals surface area contributed by atoms with Crippen LogP contribution in [0.2, 0.25) is 0 Å². The van der Waals surface area contributed by atoms with Gasteiger partial charge in [-0.3, -0.25) is 0 Å². The maximum atomic E-state index is 8.81. The van der Waals surface area contributed by atoms with E-state index in [1.807, 2.05) is 27.7 Å². The number of carbonyl (C=O) groups is 1. The Balaban J connectivity index is 0.000000466. The van der Waals surface area contributed by atoms with E-state index < -0.39 is 0 Å². The first-order valence-electron chi connectivity index (χ1n) is 12.5. The minimum atomic E-state index is 0.740. The summed E-state index contributed by atoms with van der Waals surface area (Å²) in [6, 6.07) is 0. The summed E-state index contributed by atoms with van der Waals surface area (Å²) in [5, 5.41) is 0. The van der Waals surface area contributed by atoms with Gasteiger partial charge in [0.2, 0.25) is 0 Å². The van der Waals surface area contributed by atoms with E-state index in [1.54, 1.807) is 57.8 Å². The average Bonchev–Trinajstić information content (AvgIpc) is 3.16. The van der Waals surface area contributed by atoms with E-state index in [0.717, 1.165) is 40.8 Å². The molecule has 27 heavy (non-hydrogen) atoms. The molecule has 0 heterocycles. The van der Waals surface area contributed by atoms with Crippen LogP contribution in [0.3, 0.4) is 0 Å². The number of aldehydes is 1. The van der Waals surface area contributed by atoms with Gasteiger partial charge < -0.3 is 4.79 Å². The van der Waals surface area contributed by atoms with Crippen LogP contribution in [0.4, 0.5) is 0 Å². The highest BCUT2D eigenvalue weighted by Gasteiger charge is 2.57. The summed E-state index contributed by atoms with van der Waals surface area (Å²) in [5.74, 6) is 4.42. The van der Waals surface area contributed by atoms with Crippen LogP contribution in [-0.2, 0) is 4.79 Å². The molecule has 0 aromatic rings. The summed E-state index contributed by atoms with van der Waals surface area (Å²) >= 11 is 0. The number of hydrogen-bond donors (Lipinski definition) is 0. The first kappa shape index (κ1) is 24.7. The molecule has 160 valence electrons. The Bertz CT molecular complexity index is 416. The van der Waals surface area contributed by atoms with Gasteiger partial charge >= 0.3 is 0 Å². The van der Waals surface area contributed by atoms with Crippen LogP contribution < -0.4 is 0 Å². The van der Waals surface area contributed by atoms with Gasteiger partial charge in [-0.1, -0.05) is 67.2 Å². The van der Waals surface area contributed by atoms with Gasteiger partial charge in [-0.15, -0.1) is 0 Å². The van der Waals surface area contributed by atoms with E-state index in [9.17, 15) is 0 Å². The zero-order valence-corrected chi connectivity index (χ0v) is 19.8. The van der Waals surface area contributed by atoms with Crippen molar-refractivity contribution in [2.75, 3.05) is 0 Å². The first-order chi connectivity index (χ1) is 13.1. The largest absolute Gasteiger partial charge is 0.304 e. The molecule has 1 heteroatoms. The van der Waals surface area contributed by atoms with E-state index in [2.05, 4.69) is 13.8 Å². The Hall–Kier alpha value is -0.330. The Morgan fingerprint density at radius 3 is 2.11 bits per heavy atom. The fraction of sp³-hybridized carbons (Fsp3) is 0.962. The lowest BCUT2D eigenvalue weighted by molar-refractivity contribution is -0.108. The summed E-state index contributed by atoms with van der Waals surface area (Å²) in [5.41, 5.74) is 1.53. The predicted octanol–water partition coefficient (Wildman–Crippen LogP) is 8.46. The van der Waals surface area contributed by atoms with Crippen LogP contribution in [0.1, 0.15) is 126 Å². The Labute approximate surface area is 171 Å². The highest BCUT2D eigenvalue weighted by atomic mass is 16.1. The zero-order chi connectivity index (χ0) is 20.5. The third kappa shape index (κ3) is 4.81. The molecule has 4 aliphatic rings. The molecule has 0 radical (unpaired) electrons. The maximum absolute atomic E-state index is 8.81. The highest BCUT2D eigenvalue weighted by molar-refractivity contribution is 5.44. The van der Waals surface area contributed by atoms with Crippen molar-refractivity contribution in [1.29, 1.82) is 0 Å². The first-order valence-corrected chi connectivity index (χ1v) is 12.5. The predicted molar refractivity (Wildman–Crippen MR) is 120 cm³/mol. The lowest BCUT2D eigenvalue weighted by Gasteiger charge is -2.60. The van der Waals surface area contributed by atoms with E-state index >= 15 is 0 Å². The van der Waals surface area contributed by atoms with Crippen molar-refractivity contribution < 1.29 is 4.79 Å². The topological polar surface area (TPSA) is 17.1 Å². The van der Waals surface area contributed by atoms with Crippen molar-refractivity contribution in [3.05, 3.63) is 0 Å². The molecule has 4 saturated carbocycles. The molecule has 0 saturated heterocycles. The van der Waals surface area contributed by atoms with Crippen LogP contribution in [0.25, 0.3) is 0 Å². The van der Waals surface area contributed by atoms with Crippen molar-refractivity contribution in [3.8, 4) is 0 Å². The van der Waals surface area contributed by atoms with Crippen LogP contribution in [0.5, 0.6) is 0 Å². The number of hydrogen-bond acceptors (Lipinski definition) is 1. The second kappa shape index (κ2) is 11.6. The Kier molecular flexibility index (Phi) is 10.6. The quantitative estimate of drug-likeness (QED) is 0.418. The van der Waals surface area contributed by atoms with Crippen molar-refractivity contribution in [1.82, 2.24) is 0 Å². The van der Waals surface area contributed by atoms with Crippen LogP contribution in [0, 0.1) is 34.5 Å². The van der Waals surface area contributed by atoms with Gasteiger partial charge in [-0.05, 0) is 92.8 Å². The molecule has 4 aliphatic carbocycles. The summed E-state index contributed by atoms with van der Waals surface area (Å²) < 4.78 is 0. The van der Waals surface area contributed by atoms with Gasteiger partial charge in [0.25, 0.3) is 0 Å². The molecular formula is C26H50O. The summed E-state index contributed by atoms with van der Waals surface area (Å²) in [6.07, 6.45) is 19.4. The molecule has 0 amide bonds. The molecule has 0 N–H and O–H groups in total. The van der Waals surface area contributed by atoms with Gasteiger partial charge in [0.1, 0.15) is 6.29 Å². The third-order valence-corrected chi connectivity index (χ3v) is 8.81. The second-order valence-electron chi connectivity index (χ2n) is 9.29. The molecule has 1 nitrogen and oxygen atoms in total. The fourth-order valence-electron chi connectivity index (χ4n) is 7.70. The molecule has 4 fully saturated rings. The monoisotopic (exact) mass is 378 g/mol. The molecule has 0 bridgehead atoms. The van der Waals surface area contributed by atoms with E-state index in [4.69, 9.17) is 4.79 Å². The summed E-state index contributed by atoms with van der Waals surface area (Å²) in [7, 11) is 0. The standard InChI is InChI=1S/C20H34.C2H4O.2C2H6/c1-3-20-13-6-8-18(20)16-10-9-15-7-4-5-12-19(15,2)17(16)11-14-20;1-2-3;2*1-2/h15-18H,3-14H2,1-2H3;2H,1H3;2*1-2H3. The lowest BCUT2D eigenvalue weighted by atomic mass is 9.45. The molecule has 6 atom stereocenters. The molecule has 0 spiro atoms. The third-order valence-electron chi connectivity index (χ3n) is 8.81. The molecule has 0 aromatic heterocycles. The molecule has 0 aliphatic heterocycles. The van der Waals surface area contributed by atoms with Crippen molar-refractivity contribution in [2.24, 2.45) is 34.5 Å². The van der Waals surface area contributed by atoms with Crippen LogP contribution in [-0.4, -0.2) is 6.29 Å². The van der Waals surface area contributed by atoms with E-state index in [-0.39, 0.29) is 0 Å². The van der Waals surface area contributed by atoms with Gasteiger partial charge in [0, 0.05) is 0 Å². The molecule has 4 rings (SSSR count). The Morgan fingerprint density at radius 1 is 0.815 bits per heavy atom. The van der Waals surface area contributed by atoms with Gasteiger partial charge in [-0.2, -0.15) is 0 Å². The van der Waals surface area contributed by atoms with Gasteiger partial charge in [-0.25, -0.2) is 0 Å². The lowest BCUT2D eigenvalue weighted by Crippen LogP contribution is -2.52. The molecular weight excluding hydrogens is 328 g/mol. The minimum absolute atomic E-state index is 0.740. The fourth-order valence-corrected chi connectivity index (χ4v) is 7.70. The van der Waals surface area contributed by atoms with Crippen molar-refractivity contribution in [2.45, 2.75) is 126 Å². The smallest absolute Gasteiger partial charge is 0.116 e. The summed E-state index contributed by atoms with van der Waals surface area (Å²) in [4.78, 5) is 8.81. The minimum Gasteiger partial charge on any atom is -0.304 e. The number of rotatable bonds is 1. The van der Waals surface area contributed by atoms with Crippen molar-refractivity contribution >= 4 is 6.29 Å². The van der Waals surface area contributed by atoms with Gasteiger partial charge in [0.05, 0.1) is 0 Å². The van der Waals surface area contributed by atoms with Crippen LogP contribution >= 0.6 is 0 Å². The summed E-state index contributed by atoms with van der Waals surface area (Å²) in [6.45, 7) is 14.6. The van der Waals surface area contributed by atoms with E-state index in [0.29, 0.717) is 0 Å². The van der Waals surface area contributed by atoms with E-state index in [1.165, 1.54) is 26.2 Å². The zero-order valence-electron chi connectivity index (χ0n) is 19.8. The number of carbonyl (C=O) groups excluding carboxylic acids is 1. The maximum Gasteiger partial charge on any atom is 0.116 e. The van der Waals surface area contributed by atoms with Crippen LogP contribution in [0.15, 0.2) is 0 Å².